The Morgan fingerprint density at radius 1 is 1.27 bits per heavy atom. The molecule has 1 heterocycles. The van der Waals surface area contributed by atoms with Crippen LogP contribution in [0.2, 0.25) is 5.02 Å². The zero-order valence-corrected chi connectivity index (χ0v) is 8.49. The minimum Gasteiger partial charge on any atom is -0.495 e. The van der Waals surface area contributed by atoms with E-state index in [-0.39, 0.29) is 16.4 Å². The lowest BCUT2D eigenvalue weighted by atomic mass is 10.2. The second kappa shape index (κ2) is 3.43. The summed E-state index contributed by atoms with van der Waals surface area (Å²) in [6.45, 7) is 0. The van der Waals surface area contributed by atoms with Gasteiger partial charge in [0.15, 0.2) is 0 Å². The van der Waals surface area contributed by atoms with Crippen molar-refractivity contribution in [3.63, 3.8) is 0 Å². The van der Waals surface area contributed by atoms with Crippen LogP contribution in [0.3, 0.4) is 0 Å². The number of ether oxygens (including phenoxy) is 1. The zero-order valence-electron chi connectivity index (χ0n) is 7.73. The van der Waals surface area contributed by atoms with Gasteiger partial charge in [0.1, 0.15) is 16.3 Å². The summed E-state index contributed by atoms with van der Waals surface area (Å²) >= 11 is 5.95. The molecule has 0 radical (unpaired) electrons. The fourth-order valence-corrected chi connectivity index (χ4v) is 1.56. The molecule has 0 amide bonds. The average molecular weight is 227 g/mol. The van der Waals surface area contributed by atoms with Gasteiger partial charge in [0.2, 0.25) is 5.88 Å². The molecule has 2 N–H and O–H groups in total. The van der Waals surface area contributed by atoms with Crippen LogP contribution in [0.4, 0.5) is 0 Å². The van der Waals surface area contributed by atoms with Gasteiger partial charge in [-0.1, -0.05) is 11.6 Å². The van der Waals surface area contributed by atoms with Crippen LogP contribution in [-0.4, -0.2) is 27.3 Å². The van der Waals surface area contributed by atoms with E-state index in [2.05, 4.69) is 9.97 Å². The Morgan fingerprint density at radius 2 is 2.00 bits per heavy atom. The summed E-state index contributed by atoms with van der Waals surface area (Å²) in [5, 5.41) is 19.1. The van der Waals surface area contributed by atoms with Crippen molar-refractivity contribution in [2.24, 2.45) is 0 Å². The molecular formula is C9H7ClN2O3. The Kier molecular flexibility index (Phi) is 2.24. The Labute approximate surface area is 89.9 Å². The third kappa shape index (κ3) is 1.50. The number of rotatable bonds is 1. The van der Waals surface area contributed by atoms with Crippen molar-refractivity contribution in [2.45, 2.75) is 0 Å². The molecule has 0 spiro atoms. The molecule has 6 heteroatoms. The van der Waals surface area contributed by atoms with Crippen LogP contribution < -0.4 is 4.74 Å². The molecule has 78 valence electrons. The number of fused-ring (bicyclic) bond motifs is 1. The van der Waals surface area contributed by atoms with Crippen molar-refractivity contribution >= 4 is 22.5 Å². The van der Waals surface area contributed by atoms with E-state index in [0.717, 1.165) is 0 Å². The minimum atomic E-state index is -0.532. The molecular weight excluding hydrogens is 220 g/mol. The molecule has 0 saturated heterocycles. The largest absolute Gasteiger partial charge is 0.495 e. The van der Waals surface area contributed by atoms with Gasteiger partial charge >= 0.3 is 6.01 Å². The summed E-state index contributed by atoms with van der Waals surface area (Å²) in [5.74, 6) is 0.101. The maximum atomic E-state index is 9.43. The van der Waals surface area contributed by atoms with Gasteiger partial charge in [-0.05, 0) is 12.1 Å². The van der Waals surface area contributed by atoms with Crippen LogP contribution in [0.15, 0.2) is 12.1 Å². The molecule has 0 atom stereocenters. The Morgan fingerprint density at radius 3 is 2.67 bits per heavy atom. The van der Waals surface area contributed by atoms with E-state index < -0.39 is 6.01 Å². The summed E-state index contributed by atoms with van der Waals surface area (Å²) in [6, 6.07) is 2.62. The predicted molar refractivity (Wildman–Crippen MR) is 54.4 cm³/mol. The smallest absolute Gasteiger partial charge is 0.317 e. The number of hydrogen-bond acceptors (Lipinski definition) is 5. The van der Waals surface area contributed by atoms with Gasteiger partial charge in [-0.2, -0.15) is 9.97 Å². The lowest BCUT2D eigenvalue weighted by Gasteiger charge is -2.06. The Bertz CT molecular complexity index is 530. The maximum absolute atomic E-state index is 9.43. The molecule has 5 nitrogen and oxygen atoms in total. The summed E-state index contributed by atoms with van der Waals surface area (Å²) in [5.41, 5.74) is 0.251. The highest BCUT2D eigenvalue weighted by Gasteiger charge is 2.12. The number of nitrogens with zero attached hydrogens (tertiary/aromatic N) is 2. The van der Waals surface area contributed by atoms with Gasteiger partial charge in [0.05, 0.1) is 12.5 Å². The number of aromatic nitrogens is 2. The highest BCUT2D eigenvalue weighted by atomic mass is 35.5. The van der Waals surface area contributed by atoms with E-state index in [9.17, 15) is 5.11 Å². The first-order valence-corrected chi connectivity index (χ1v) is 4.43. The molecule has 1 aromatic heterocycles. The molecule has 0 unspecified atom stereocenters. The first-order valence-electron chi connectivity index (χ1n) is 4.05. The first-order chi connectivity index (χ1) is 7.13. The molecule has 15 heavy (non-hydrogen) atoms. The Hall–Kier alpha value is -1.75. The summed E-state index contributed by atoms with van der Waals surface area (Å²) < 4.78 is 4.98. The summed E-state index contributed by atoms with van der Waals surface area (Å²) in [4.78, 5) is 7.12. The van der Waals surface area contributed by atoms with Crippen LogP contribution in [0, 0.1) is 0 Å². The molecule has 0 aliphatic heterocycles. The molecule has 2 aromatic rings. The number of benzene rings is 1. The van der Waals surface area contributed by atoms with Crippen molar-refractivity contribution in [1.29, 1.82) is 0 Å². The normalized spacial score (nSPS) is 10.5. The fourth-order valence-electron chi connectivity index (χ4n) is 1.27. The van der Waals surface area contributed by atoms with Gasteiger partial charge in [0, 0.05) is 0 Å². The number of halogens is 1. The quantitative estimate of drug-likeness (QED) is 0.774. The van der Waals surface area contributed by atoms with Crippen molar-refractivity contribution in [2.75, 3.05) is 7.11 Å². The molecule has 0 aliphatic carbocycles. The topological polar surface area (TPSA) is 75.5 Å². The maximum Gasteiger partial charge on any atom is 0.317 e. The molecule has 0 aliphatic rings. The van der Waals surface area contributed by atoms with Crippen molar-refractivity contribution in [3.8, 4) is 17.6 Å². The van der Waals surface area contributed by atoms with Crippen molar-refractivity contribution in [1.82, 2.24) is 9.97 Å². The van der Waals surface area contributed by atoms with Crippen LogP contribution in [0.5, 0.6) is 17.6 Å². The summed E-state index contributed by atoms with van der Waals surface area (Å²) in [6.07, 6.45) is 0. The first kappa shape index (κ1) is 9.79. The molecule has 0 saturated carbocycles. The molecule has 1 aromatic carbocycles. The van der Waals surface area contributed by atoms with Crippen LogP contribution >= 0.6 is 11.6 Å². The average Bonchev–Trinajstić information content (AvgIpc) is 2.19. The number of methoxy groups -OCH3 is 1. The van der Waals surface area contributed by atoms with Crippen LogP contribution in [0.1, 0.15) is 0 Å². The minimum absolute atomic E-state index is 0.225. The van der Waals surface area contributed by atoms with Crippen molar-refractivity contribution in [3.05, 3.63) is 17.2 Å². The fraction of sp³-hybridized carbons (Fsp3) is 0.111. The summed E-state index contributed by atoms with van der Waals surface area (Å²) in [7, 11) is 1.47. The third-order valence-corrected chi connectivity index (χ3v) is 2.32. The van der Waals surface area contributed by atoms with Crippen LogP contribution in [0.25, 0.3) is 10.9 Å². The zero-order chi connectivity index (χ0) is 11.0. The number of hydrogen-bond donors (Lipinski definition) is 2. The SMILES string of the molecule is COc1ccc2c(O)nc(O)nc2c1Cl. The van der Waals surface area contributed by atoms with Gasteiger partial charge in [-0.3, -0.25) is 0 Å². The van der Waals surface area contributed by atoms with E-state index in [1.54, 1.807) is 12.1 Å². The van der Waals surface area contributed by atoms with Gasteiger partial charge in [-0.25, -0.2) is 0 Å². The second-order valence-electron chi connectivity index (χ2n) is 2.83. The third-order valence-electron chi connectivity index (χ3n) is 1.96. The van der Waals surface area contributed by atoms with E-state index in [0.29, 0.717) is 11.1 Å². The van der Waals surface area contributed by atoms with E-state index in [1.807, 2.05) is 0 Å². The van der Waals surface area contributed by atoms with Gasteiger partial charge in [0.25, 0.3) is 0 Å². The standard InChI is InChI=1S/C9H7ClN2O3/c1-15-5-3-2-4-7(6(5)10)11-9(14)12-8(4)13/h2-3H,1H3,(H2,11,12,13,14). The van der Waals surface area contributed by atoms with Crippen LogP contribution in [-0.2, 0) is 0 Å². The van der Waals surface area contributed by atoms with Gasteiger partial charge in [-0.15, -0.1) is 0 Å². The molecule has 2 rings (SSSR count). The van der Waals surface area contributed by atoms with Crippen molar-refractivity contribution < 1.29 is 14.9 Å². The lowest BCUT2D eigenvalue weighted by molar-refractivity contribution is 0.402. The predicted octanol–water partition coefficient (Wildman–Crippen LogP) is 1.70. The van der Waals surface area contributed by atoms with E-state index in [4.69, 9.17) is 21.4 Å². The lowest BCUT2D eigenvalue weighted by Crippen LogP contribution is -1.89. The monoisotopic (exact) mass is 226 g/mol. The number of aromatic hydroxyl groups is 2. The van der Waals surface area contributed by atoms with E-state index in [1.165, 1.54) is 7.11 Å². The Balaban J connectivity index is 2.86. The molecule has 0 fully saturated rings. The highest BCUT2D eigenvalue weighted by molar-refractivity contribution is 6.36. The highest BCUT2D eigenvalue weighted by Crippen LogP contribution is 2.35. The molecule has 0 bridgehead atoms. The second-order valence-corrected chi connectivity index (χ2v) is 3.20. The van der Waals surface area contributed by atoms with E-state index >= 15 is 0 Å². The van der Waals surface area contributed by atoms with Gasteiger partial charge < -0.3 is 14.9 Å².